The van der Waals surface area contributed by atoms with Gasteiger partial charge < -0.3 is 20.6 Å². The minimum Gasteiger partial charge on any atom is -0.481 e. The third-order valence-corrected chi connectivity index (χ3v) is 7.09. The standard InChI is InChI=1S/C29H38N4O3/c1-19(2)18-33(23-12-8-5-9-13-23)25-15-14-22(20(3)16-26(34)35)17-24(25)30-29-31-27(28(36)32-29)21-10-6-4-7-11-21/h4,6-7,10-11,14-15,17,19-20,23,27H,5,8-9,12-13,16,18H2,1-3H3,(H,34,35)(H2,30,31,32,36)/t20?,27-/m1/s1. The summed E-state index contributed by atoms with van der Waals surface area (Å²) >= 11 is 0. The molecule has 36 heavy (non-hydrogen) atoms. The number of amides is 1. The molecule has 2 aliphatic rings. The summed E-state index contributed by atoms with van der Waals surface area (Å²) in [6.07, 6.45) is 6.14. The van der Waals surface area contributed by atoms with Crippen LogP contribution < -0.4 is 15.5 Å². The predicted molar refractivity (Wildman–Crippen MR) is 145 cm³/mol. The third kappa shape index (κ3) is 6.25. The lowest BCUT2D eigenvalue weighted by molar-refractivity contribution is -0.137. The van der Waals surface area contributed by atoms with Gasteiger partial charge in [0.15, 0.2) is 0 Å². The summed E-state index contributed by atoms with van der Waals surface area (Å²) in [4.78, 5) is 30.9. The second kappa shape index (κ2) is 11.6. The lowest BCUT2D eigenvalue weighted by atomic mass is 9.92. The number of carboxylic acid groups (broad SMARTS) is 1. The number of rotatable bonds is 9. The highest BCUT2D eigenvalue weighted by Gasteiger charge is 2.30. The van der Waals surface area contributed by atoms with Crippen molar-refractivity contribution in [2.24, 2.45) is 10.9 Å². The maximum Gasteiger partial charge on any atom is 0.303 e. The maximum atomic E-state index is 12.7. The molecule has 0 radical (unpaired) electrons. The highest BCUT2D eigenvalue weighted by Crippen LogP contribution is 2.36. The first-order valence-corrected chi connectivity index (χ1v) is 13.1. The number of guanidine groups is 1. The normalized spacial score (nSPS) is 19.1. The summed E-state index contributed by atoms with van der Waals surface area (Å²) in [5, 5.41) is 16.0. The SMILES string of the molecule is CC(C)CN(c1ccc(C(C)CC(=O)O)cc1NC1=NC(=O)[C@@H](c2ccccc2)N1)C1CCCCC1. The Morgan fingerprint density at radius 3 is 2.50 bits per heavy atom. The van der Waals surface area contributed by atoms with E-state index in [4.69, 9.17) is 0 Å². The number of aliphatic imine (C=N–C) groups is 1. The number of carbonyl (C=O) groups is 2. The van der Waals surface area contributed by atoms with E-state index in [0.29, 0.717) is 17.9 Å². The molecule has 1 aliphatic carbocycles. The van der Waals surface area contributed by atoms with Crippen LogP contribution in [0.1, 0.15) is 82.4 Å². The topological polar surface area (TPSA) is 94.0 Å². The summed E-state index contributed by atoms with van der Waals surface area (Å²) in [6, 6.07) is 15.7. The molecule has 3 N–H and O–H groups in total. The van der Waals surface area contributed by atoms with Crippen LogP contribution in [-0.4, -0.2) is 35.5 Å². The van der Waals surface area contributed by atoms with Crippen molar-refractivity contribution in [2.45, 2.75) is 77.3 Å². The van der Waals surface area contributed by atoms with Gasteiger partial charge >= 0.3 is 5.97 Å². The molecule has 7 nitrogen and oxygen atoms in total. The van der Waals surface area contributed by atoms with Gasteiger partial charge in [0.05, 0.1) is 17.8 Å². The van der Waals surface area contributed by atoms with E-state index >= 15 is 0 Å². The van der Waals surface area contributed by atoms with Crippen molar-refractivity contribution < 1.29 is 14.7 Å². The van der Waals surface area contributed by atoms with Crippen LogP contribution in [0.15, 0.2) is 53.5 Å². The summed E-state index contributed by atoms with van der Waals surface area (Å²) < 4.78 is 0. The van der Waals surface area contributed by atoms with Gasteiger partial charge in [-0.2, -0.15) is 4.99 Å². The van der Waals surface area contributed by atoms with Gasteiger partial charge in [-0.1, -0.05) is 76.4 Å². The van der Waals surface area contributed by atoms with Crippen molar-refractivity contribution in [3.05, 3.63) is 59.7 Å². The van der Waals surface area contributed by atoms with E-state index < -0.39 is 12.0 Å². The smallest absolute Gasteiger partial charge is 0.303 e. The molecule has 1 fully saturated rings. The van der Waals surface area contributed by atoms with Crippen LogP contribution in [0.4, 0.5) is 11.4 Å². The summed E-state index contributed by atoms with van der Waals surface area (Å²) in [5.41, 5.74) is 3.74. The lowest BCUT2D eigenvalue weighted by Crippen LogP contribution is -2.40. The number of nitrogens with zero attached hydrogens (tertiary/aromatic N) is 2. The molecule has 0 spiro atoms. The number of carboxylic acids is 1. The zero-order valence-electron chi connectivity index (χ0n) is 21.5. The van der Waals surface area contributed by atoms with Crippen LogP contribution in [0.25, 0.3) is 0 Å². The van der Waals surface area contributed by atoms with E-state index in [1.807, 2.05) is 49.4 Å². The zero-order chi connectivity index (χ0) is 25.7. The fraction of sp³-hybridized carbons (Fsp3) is 0.483. The minimum atomic E-state index is -0.817. The van der Waals surface area contributed by atoms with E-state index in [9.17, 15) is 14.7 Å². The fourth-order valence-electron chi connectivity index (χ4n) is 5.29. The van der Waals surface area contributed by atoms with E-state index in [-0.39, 0.29) is 18.2 Å². The first-order valence-electron chi connectivity index (χ1n) is 13.1. The summed E-state index contributed by atoms with van der Waals surface area (Å²) in [6.45, 7) is 7.32. The molecule has 0 bridgehead atoms. The van der Waals surface area contributed by atoms with Crippen LogP contribution in [0, 0.1) is 5.92 Å². The Balaban J connectivity index is 1.67. The molecule has 0 aromatic heterocycles. The molecule has 4 rings (SSSR count). The predicted octanol–water partition coefficient (Wildman–Crippen LogP) is 5.70. The number of hydrogen-bond donors (Lipinski definition) is 3. The molecule has 2 aromatic carbocycles. The number of nitrogens with one attached hydrogen (secondary N) is 2. The molecule has 0 saturated heterocycles. The Morgan fingerprint density at radius 2 is 1.83 bits per heavy atom. The van der Waals surface area contributed by atoms with E-state index in [1.165, 1.54) is 19.3 Å². The van der Waals surface area contributed by atoms with Crippen LogP contribution in [-0.2, 0) is 9.59 Å². The van der Waals surface area contributed by atoms with Gasteiger partial charge in [-0.3, -0.25) is 9.59 Å². The molecule has 2 atom stereocenters. The van der Waals surface area contributed by atoms with Crippen molar-refractivity contribution >= 4 is 29.2 Å². The molecular formula is C29H38N4O3. The highest BCUT2D eigenvalue weighted by atomic mass is 16.4. The Morgan fingerprint density at radius 1 is 1.11 bits per heavy atom. The van der Waals surface area contributed by atoms with Gasteiger partial charge in [0.2, 0.25) is 5.96 Å². The third-order valence-electron chi connectivity index (χ3n) is 7.09. The Bertz CT molecular complexity index is 1090. The molecule has 1 amide bonds. The van der Waals surface area contributed by atoms with Gasteiger partial charge in [0, 0.05) is 12.6 Å². The fourth-order valence-corrected chi connectivity index (χ4v) is 5.29. The number of aliphatic carboxylic acids is 1. The quantitative estimate of drug-likeness (QED) is 0.418. The molecular weight excluding hydrogens is 452 g/mol. The van der Waals surface area contributed by atoms with Crippen LogP contribution in [0.3, 0.4) is 0 Å². The molecule has 1 saturated carbocycles. The summed E-state index contributed by atoms with van der Waals surface area (Å²) in [5.74, 6) is -0.278. The number of benzene rings is 2. The van der Waals surface area contributed by atoms with Gasteiger partial charge in [0.1, 0.15) is 6.04 Å². The van der Waals surface area contributed by atoms with Crippen LogP contribution in [0.5, 0.6) is 0 Å². The second-order valence-corrected chi connectivity index (χ2v) is 10.5. The zero-order valence-corrected chi connectivity index (χ0v) is 21.5. The molecule has 1 aliphatic heterocycles. The van der Waals surface area contributed by atoms with Gasteiger partial charge in [-0.15, -0.1) is 0 Å². The summed E-state index contributed by atoms with van der Waals surface area (Å²) in [7, 11) is 0. The number of hydrogen-bond acceptors (Lipinski definition) is 5. The molecule has 7 heteroatoms. The van der Waals surface area contributed by atoms with Crippen molar-refractivity contribution in [3.63, 3.8) is 0 Å². The van der Waals surface area contributed by atoms with Gasteiger partial charge in [0.25, 0.3) is 5.91 Å². The lowest BCUT2D eigenvalue weighted by Gasteiger charge is -2.38. The number of anilines is 2. The Kier molecular flexibility index (Phi) is 8.28. The van der Waals surface area contributed by atoms with Gasteiger partial charge in [-0.05, 0) is 47.9 Å². The van der Waals surface area contributed by atoms with Crippen molar-refractivity contribution in [2.75, 3.05) is 16.8 Å². The monoisotopic (exact) mass is 490 g/mol. The second-order valence-electron chi connectivity index (χ2n) is 10.5. The van der Waals surface area contributed by atoms with E-state index in [0.717, 1.165) is 41.9 Å². The highest BCUT2D eigenvalue weighted by molar-refractivity contribution is 6.09. The minimum absolute atomic E-state index is 0.0604. The van der Waals surface area contributed by atoms with Crippen LogP contribution >= 0.6 is 0 Å². The van der Waals surface area contributed by atoms with Crippen LogP contribution in [0.2, 0.25) is 0 Å². The van der Waals surface area contributed by atoms with Crippen molar-refractivity contribution in [1.29, 1.82) is 0 Å². The van der Waals surface area contributed by atoms with Gasteiger partial charge in [-0.25, -0.2) is 0 Å². The Hall–Kier alpha value is -3.35. The average Bonchev–Trinajstić information content (AvgIpc) is 3.23. The van der Waals surface area contributed by atoms with Crippen molar-refractivity contribution in [1.82, 2.24) is 5.32 Å². The molecule has 192 valence electrons. The molecule has 1 unspecified atom stereocenters. The van der Waals surface area contributed by atoms with Crippen molar-refractivity contribution in [3.8, 4) is 0 Å². The largest absolute Gasteiger partial charge is 0.481 e. The van der Waals surface area contributed by atoms with E-state index in [1.54, 1.807) is 0 Å². The van der Waals surface area contributed by atoms with E-state index in [2.05, 4.69) is 40.4 Å². The average molecular weight is 491 g/mol. The molecule has 2 aromatic rings. The first kappa shape index (κ1) is 25.7. The number of carbonyl (C=O) groups excluding carboxylic acids is 1. The Labute approximate surface area is 214 Å². The molecule has 1 heterocycles. The first-order chi connectivity index (χ1) is 17.3. The maximum absolute atomic E-state index is 12.7.